The first-order valence-electron chi connectivity index (χ1n) is 38.0. The highest BCUT2D eigenvalue weighted by Crippen LogP contribution is 2.45. The second-order valence-electron chi connectivity index (χ2n) is 26.5. The van der Waals surface area contributed by atoms with E-state index in [0.717, 1.165) is 109 Å². The molecule has 5 atom stereocenters. The molecule has 0 spiro atoms. The summed E-state index contributed by atoms with van der Waals surface area (Å²) in [6, 6.07) is 0. The molecular weight excluding hydrogens is 1220 g/mol. The standard InChI is InChI=1S/C74H140O17P2/c1-6-9-12-15-18-21-24-26-27-28-35-40-45-50-55-60-74(79)91-70(64-85-72(77)58-53-48-43-38-34-30-29-32-36-41-46-51-56-67(4)5)66-89-93(82,83)87-62-68(75)61-86-92(80,81)88-65-69(63-84-71(76)57-52-47-42-37-31-23-20-17-14-11-8-3)90-73(78)59-54-49-44-39-33-25-22-19-16-13-10-7-2/h21,24,26-27,67-70,75H,6-20,22-23,25,28-66H2,1-5H3,(H,80,81)(H,82,83)/b24-21-,27-26-/t68-,69+,70+/m0/s1. The van der Waals surface area contributed by atoms with Crippen molar-refractivity contribution in [3.05, 3.63) is 24.3 Å². The molecule has 0 heterocycles. The molecule has 19 heteroatoms. The van der Waals surface area contributed by atoms with Crippen molar-refractivity contribution < 1.29 is 80.2 Å². The van der Waals surface area contributed by atoms with Crippen LogP contribution in [-0.4, -0.2) is 96.7 Å². The van der Waals surface area contributed by atoms with E-state index < -0.39 is 97.5 Å². The van der Waals surface area contributed by atoms with Gasteiger partial charge in [0, 0.05) is 25.7 Å². The van der Waals surface area contributed by atoms with Crippen molar-refractivity contribution in [3.8, 4) is 0 Å². The Kier molecular flexibility index (Phi) is 65.0. The minimum absolute atomic E-state index is 0.0853. The van der Waals surface area contributed by atoms with E-state index in [9.17, 15) is 43.2 Å². The van der Waals surface area contributed by atoms with Gasteiger partial charge in [0.05, 0.1) is 26.4 Å². The summed E-state index contributed by atoms with van der Waals surface area (Å²) in [7, 11) is -9.92. The molecule has 0 fully saturated rings. The molecule has 0 bridgehead atoms. The highest BCUT2D eigenvalue weighted by molar-refractivity contribution is 7.47. The molecule has 0 saturated carbocycles. The second kappa shape index (κ2) is 66.8. The lowest BCUT2D eigenvalue weighted by Gasteiger charge is -2.21. The summed E-state index contributed by atoms with van der Waals surface area (Å²) < 4.78 is 68.4. The molecule has 17 nitrogen and oxygen atoms in total. The molecule has 2 unspecified atom stereocenters. The first-order valence-corrected chi connectivity index (χ1v) is 40.9. The van der Waals surface area contributed by atoms with E-state index in [1.807, 2.05) is 0 Å². The summed E-state index contributed by atoms with van der Waals surface area (Å²) in [6.07, 6.45) is 57.5. The van der Waals surface area contributed by atoms with E-state index in [-0.39, 0.29) is 25.7 Å². The van der Waals surface area contributed by atoms with Crippen LogP contribution in [0.1, 0.15) is 362 Å². The average molecular weight is 1360 g/mol. The zero-order chi connectivity index (χ0) is 68.4. The lowest BCUT2D eigenvalue weighted by molar-refractivity contribution is -0.161. The van der Waals surface area contributed by atoms with Crippen LogP contribution >= 0.6 is 15.6 Å². The summed E-state index contributed by atoms with van der Waals surface area (Å²) in [6.45, 7) is 7.22. The fourth-order valence-corrected chi connectivity index (χ4v) is 12.4. The number of rotatable bonds is 72. The molecule has 0 saturated heterocycles. The third-order valence-corrected chi connectivity index (χ3v) is 18.6. The number of aliphatic hydroxyl groups is 1. The van der Waals surface area contributed by atoms with Crippen LogP contribution in [0.15, 0.2) is 24.3 Å². The number of aliphatic hydroxyl groups excluding tert-OH is 1. The van der Waals surface area contributed by atoms with Crippen molar-refractivity contribution in [2.75, 3.05) is 39.6 Å². The van der Waals surface area contributed by atoms with Gasteiger partial charge in [-0.05, 0) is 57.3 Å². The first-order chi connectivity index (χ1) is 45.0. The number of unbranched alkanes of at least 4 members (excludes halogenated alkanes) is 41. The van der Waals surface area contributed by atoms with E-state index in [1.165, 1.54) is 173 Å². The smallest absolute Gasteiger partial charge is 0.462 e. The predicted octanol–water partition coefficient (Wildman–Crippen LogP) is 21.2. The summed E-state index contributed by atoms with van der Waals surface area (Å²) in [5.41, 5.74) is 0. The number of esters is 4. The van der Waals surface area contributed by atoms with E-state index in [1.54, 1.807) is 0 Å². The van der Waals surface area contributed by atoms with Gasteiger partial charge in [-0.2, -0.15) is 0 Å². The van der Waals surface area contributed by atoms with Crippen LogP contribution in [0, 0.1) is 5.92 Å². The highest BCUT2D eigenvalue weighted by atomic mass is 31.2. The van der Waals surface area contributed by atoms with Crippen LogP contribution < -0.4 is 0 Å². The third kappa shape index (κ3) is 67.9. The van der Waals surface area contributed by atoms with Crippen molar-refractivity contribution in [1.29, 1.82) is 0 Å². The number of phosphoric acid groups is 2. The van der Waals surface area contributed by atoms with Gasteiger partial charge in [-0.1, -0.05) is 309 Å². The Bertz CT molecular complexity index is 1880. The molecule has 0 aromatic rings. The van der Waals surface area contributed by atoms with Gasteiger partial charge in [0.25, 0.3) is 0 Å². The van der Waals surface area contributed by atoms with Crippen molar-refractivity contribution in [3.63, 3.8) is 0 Å². The maximum absolute atomic E-state index is 13.1. The van der Waals surface area contributed by atoms with E-state index >= 15 is 0 Å². The molecule has 0 amide bonds. The lowest BCUT2D eigenvalue weighted by Crippen LogP contribution is -2.30. The van der Waals surface area contributed by atoms with Gasteiger partial charge < -0.3 is 33.8 Å². The van der Waals surface area contributed by atoms with Crippen molar-refractivity contribution in [2.45, 2.75) is 380 Å². The van der Waals surface area contributed by atoms with Crippen LogP contribution in [0.4, 0.5) is 0 Å². The molecule has 0 radical (unpaired) electrons. The molecule has 0 rings (SSSR count). The Morgan fingerprint density at radius 2 is 0.581 bits per heavy atom. The van der Waals surface area contributed by atoms with Gasteiger partial charge in [0.2, 0.25) is 0 Å². The summed E-state index contributed by atoms with van der Waals surface area (Å²) in [5, 5.41) is 10.6. The van der Waals surface area contributed by atoms with Crippen LogP contribution in [0.25, 0.3) is 0 Å². The van der Waals surface area contributed by atoms with Gasteiger partial charge in [-0.3, -0.25) is 37.3 Å². The third-order valence-electron chi connectivity index (χ3n) is 16.7. The normalized spacial score (nSPS) is 14.2. The van der Waals surface area contributed by atoms with E-state index in [4.69, 9.17) is 37.0 Å². The molecular formula is C74H140O17P2. The maximum Gasteiger partial charge on any atom is 0.472 e. The van der Waals surface area contributed by atoms with Gasteiger partial charge in [0.15, 0.2) is 12.2 Å². The quantitative estimate of drug-likeness (QED) is 0.0169. The molecule has 3 N–H and O–H groups in total. The monoisotopic (exact) mass is 1360 g/mol. The second-order valence-corrected chi connectivity index (χ2v) is 29.4. The highest BCUT2D eigenvalue weighted by Gasteiger charge is 2.30. The molecule has 0 aliphatic carbocycles. The van der Waals surface area contributed by atoms with Gasteiger partial charge in [-0.15, -0.1) is 0 Å². The van der Waals surface area contributed by atoms with Gasteiger partial charge in [-0.25, -0.2) is 9.13 Å². The number of hydrogen-bond donors (Lipinski definition) is 3. The number of carbonyl (C=O) groups excluding carboxylic acids is 4. The minimum Gasteiger partial charge on any atom is -0.462 e. The number of ether oxygens (including phenoxy) is 4. The Morgan fingerprint density at radius 1 is 0.333 bits per heavy atom. The Balaban J connectivity index is 5.29. The zero-order valence-electron chi connectivity index (χ0n) is 59.9. The summed E-state index contributed by atoms with van der Waals surface area (Å²) >= 11 is 0. The Morgan fingerprint density at radius 3 is 0.882 bits per heavy atom. The van der Waals surface area contributed by atoms with Crippen LogP contribution in [0.3, 0.4) is 0 Å². The average Bonchev–Trinajstić information content (AvgIpc) is 3.16. The van der Waals surface area contributed by atoms with Crippen LogP contribution in [0.5, 0.6) is 0 Å². The fraction of sp³-hybridized carbons (Fsp3) is 0.892. The first kappa shape index (κ1) is 90.5. The number of allylic oxidation sites excluding steroid dienone is 4. The molecule has 0 aliphatic heterocycles. The van der Waals surface area contributed by atoms with E-state index in [2.05, 4.69) is 58.9 Å². The Hall–Kier alpha value is -2.46. The van der Waals surface area contributed by atoms with Crippen molar-refractivity contribution >= 4 is 39.5 Å². The predicted molar refractivity (Wildman–Crippen MR) is 377 cm³/mol. The molecule has 93 heavy (non-hydrogen) atoms. The van der Waals surface area contributed by atoms with Crippen molar-refractivity contribution in [1.82, 2.24) is 0 Å². The molecule has 0 aromatic carbocycles. The number of carbonyl (C=O) groups is 4. The van der Waals surface area contributed by atoms with Gasteiger partial charge >= 0.3 is 39.5 Å². The molecule has 0 aliphatic rings. The lowest BCUT2D eigenvalue weighted by atomic mass is 10.0. The number of hydrogen-bond acceptors (Lipinski definition) is 15. The van der Waals surface area contributed by atoms with Crippen LogP contribution in [0.2, 0.25) is 0 Å². The maximum atomic E-state index is 13.1. The van der Waals surface area contributed by atoms with E-state index in [0.29, 0.717) is 25.7 Å². The fourth-order valence-electron chi connectivity index (χ4n) is 10.8. The summed E-state index contributed by atoms with van der Waals surface area (Å²) in [4.78, 5) is 72.7. The molecule has 548 valence electrons. The minimum atomic E-state index is -4.96. The molecule has 0 aromatic heterocycles. The van der Waals surface area contributed by atoms with Crippen LogP contribution in [-0.2, 0) is 65.4 Å². The topological polar surface area (TPSA) is 237 Å². The summed E-state index contributed by atoms with van der Waals surface area (Å²) in [5.74, 6) is -1.37. The SMILES string of the molecule is CCCCCC/C=C\C=C/CCCCCCCC(=O)O[C@H](COC(=O)CCCCCCCCCCCCCCC(C)C)COP(=O)(O)OC[C@@H](O)COP(=O)(O)OC[C@@H](COC(=O)CCCCCCCCCCCCC)OC(=O)CCCCCCCCCCCCCC. The zero-order valence-corrected chi connectivity index (χ0v) is 61.7. The van der Waals surface area contributed by atoms with Gasteiger partial charge in [0.1, 0.15) is 19.3 Å². The van der Waals surface area contributed by atoms with Crippen molar-refractivity contribution in [2.24, 2.45) is 5.92 Å². The Labute approximate surface area is 567 Å². The number of phosphoric ester groups is 2. The largest absolute Gasteiger partial charge is 0.472 e.